The van der Waals surface area contributed by atoms with Crippen molar-refractivity contribution < 1.29 is 17.6 Å². The zero-order valence-electron chi connectivity index (χ0n) is 23.1. The fourth-order valence-electron chi connectivity index (χ4n) is 5.83. The molecule has 1 fully saturated rings. The summed E-state index contributed by atoms with van der Waals surface area (Å²) in [4.78, 5) is 8.50. The molecule has 3 aromatic heterocycles. The lowest BCUT2D eigenvalue weighted by Gasteiger charge is -2.20. The number of anilines is 2. The third kappa shape index (κ3) is 5.25. The maximum absolute atomic E-state index is 14.3. The summed E-state index contributed by atoms with van der Waals surface area (Å²) in [6.45, 7) is 4.01. The number of pyridine rings is 1. The Morgan fingerprint density at radius 3 is 2.61 bits per heavy atom. The summed E-state index contributed by atoms with van der Waals surface area (Å²) in [6, 6.07) is 6.84. The van der Waals surface area contributed by atoms with E-state index in [-0.39, 0.29) is 25.2 Å². The highest BCUT2D eigenvalue weighted by molar-refractivity contribution is 5.80. The first-order valence-electron chi connectivity index (χ1n) is 13.6. The number of rotatable bonds is 7. The second-order valence-corrected chi connectivity index (χ2v) is 10.7. The molecule has 6 rings (SSSR count). The molecule has 13 heteroatoms. The number of fused-ring (bicyclic) bond motifs is 1. The van der Waals surface area contributed by atoms with Crippen molar-refractivity contribution in [1.29, 1.82) is 0 Å². The Hall–Kier alpha value is -4.00. The summed E-state index contributed by atoms with van der Waals surface area (Å²) in [5, 5.41) is 15.9. The molecule has 0 saturated carbocycles. The topological polar surface area (TPSA) is 79.9 Å². The number of hydrogen-bond donors (Lipinski definition) is 1. The van der Waals surface area contributed by atoms with Gasteiger partial charge in [0, 0.05) is 58.9 Å². The van der Waals surface area contributed by atoms with E-state index in [1.165, 1.54) is 6.07 Å². The Balaban J connectivity index is 1.38. The standard InChI is InChI=1S/C28H31F4N9/c1-4-33-24-9-18(26-21(11-35-39(26)3)27-37-34-16-38(27)2)10-25(36-24)41-13-19-7-17(12-40-6-5-20(29)14-40)8-23(22(19)15-41)28(30,31)32/h7-11,16,20H,4-6,12-15H2,1-3H3,(H,33,36). The molecule has 1 atom stereocenters. The van der Waals surface area contributed by atoms with E-state index >= 15 is 0 Å². The number of likely N-dealkylation sites (tertiary alicyclic amines) is 1. The van der Waals surface area contributed by atoms with Crippen LogP contribution in [0, 0.1) is 0 Å². The maximum Gasteiger partial charge on any atom is 0.416 e. The summed E-state index contributed by atoms with van der Waals surface area (Å²) in [5.41, 5.74) is 3.14. The summed E-state index contributed by atoms with van der Waals surface area (Å²) in [6.07, 6.45) is -1.69. The van der Waals surface area contributed by atoms with Crippen LogP contribution in [0.5, 0.6) is 0 Å². The number of hydrogen-bond acceptors (Lipinski definition) is 7. The van der Waals surface area contributed by atoms with E-state index in [0.717, 1.165) is 16.8 Å². The molecule has 1 saturated heterocycles. The Labute approximate surface area is 234 Å². The molecule has 0 bridgehead atoms. The van der Waals surface area contributed by atoms with E-state index in [4.69, 9.17) is 4.98 Å². The molecular weight excluding hydrogens is 538 g/mol. The van der Waals surface area contributed by atoms with Gasteiger partial charge < -0.3 is 14.8 Å². The van der Waals surface area contributed by atoms with Gasteiger partial charge in [0.05, 0.1) is 23.0 Å². The van der Waals surface area contributed by atoms with Gasteiger partial charge >= 0.3 is 6.18 Å². The lowest BCUT2D eigenvalue weighted by Crippen LogP contribution is -2.21. The second-order valence-electron chi connectivity index (χ2n) is 10.7. The van der Waals surface area contributed by atoms with Crippen LogP contribution in [0.25, 0.3) is 22.6 Å². The molecule has 5 heterocycles. The molecule has 2 aliphatic heterocycles. The molecule has 216 valence electrons. The van der Waals surface area contributed by atoms with Crippen LogP contribution in [-0.2, 0) is 39.9 Å². The number of alkyl halides is 4. The van der Waals surface area contributed by atoms with Gasteiger partial charge in [0.1, 0.15) is 24.1 Å². The van der Waals surface area contributed by atoms with E-state index in [1.807, 2.05) is 49.0 Å². The number of aryl methyl sites for hydroxylation is 2. The third-order valence-corrected chi connectivity index (χ3v) is 7.70. The number of aromatic nitrogens is 6. The Morgan fingerprint density at radius 1 is 1.10 bits per heavy atom. The second kappa shape index (κ2) is 10.4. The van der Waals surface area contributed by atoms with Crippen molar-refractivity contribution >= 4 is 11.6 Å². The molecule has 41 heavy (non-hydrogen) atoms. The summed E-state index contributed by atoms with van der Waals surface area (Å²) in [7, 11) is 3.68. The molecule has 1 N–H and O–H groups in total. The molecular formula is C28H31F4N9. The molecule has 9 nitrogen and oxygen atoms in total. The zero-order valence-corrected chi connectivity index (χ0v) is 23.1. The fraction of sp³-hybridized carbons (Fsp3) is 0.429. The molecule has 1 aromatic carbocycles. The van der Waals surface area contributed by atoms with Gasteiger partial charge in [-0.05, 0) is 48.2 Å². The SMILES string of the molecule is CCNc1cc(-c2c(-c3nncn3C)cnn2C)cc(N2Cc3cc(CN4CCC(F)C4)cc(C(F)(F)F)c3C2)n1. The van der Waals surface area contributed by atoms with Gasteiger partial charge in [-0.15, -0.1) is 10.2 Å². The van der Waals surface area contributed by atoms with Gasteiger partial charge in [0.15, 0.2) is 5.82 Å². The summed E-state index contributed by atoms with van der Waals surface area (Å²) < 4.78 is 60.0. The van der Waals surface area contributed by atoms with Crippen molar-refractivity contribution in [2.75, 3.05) is 29.9 Å². The minimum Gasteiger partial charge on any atom is -0.370 e. The molecule has 0 radical (unpaired) electrons. The molecule has 0 amide bonds. The zero-order chi connectivity index (χ0) is 28.9. The predicted molar refractivity (Wildman–Crippen MR) is 147 cm³/mol. The Kier molecular flexibility index (Phi) is 6.92. The highest BCUT2D eigenvalue weighted by Crippen LogP contribution is 2.41. The molecule has 0 spiro atoms. The molecule has 1 unspecified atom stereocenters. The van der Waals surface area contributed by atoms with Crippen LogP contribution in [0.1, 0.15) is 35.6 Å². The first kappa shape index (κ1) is 27.2. The minimum absolute atomic E-state index is 0.0737. The first-order valence-corrected chi connectivity index (χ1v) is 13.6. The average molecular weight is 570 g/mol. The lowest BCUT2D eigenvalue weighted by atomic mass is 9.99. The lowest BCUT2D eigenvalue weighted by molar-refractivity contribution is -0.138. The maximum atomic E-state index is 14.3. The number of nitrogens with zero attached hydrogens (tertiary/aromatic N) is 8. The van der Waals surface area contributed by atoms with Crippen molar-refractivity contribution in [1.82, 2.24) is 34.4 Å². The van der Waals surface area contributed by atoms with Crippen LogP contribution < -0.4 is 10.2 Å². The molecule has 2 aliphatic rings. The Morgan fingerprint density at radius 2 is 1.93 bits per heavy atom. The molecule has 0 aliphatic carbocycles. The number of halogens is 4. The van der Waals surface area contributed by atoms with Crippen molar-refractivity contribution in [2.45, 2.75) is 45.3 Å². The van der Waals surface area contributed by atoms with Crippen LogP contribution in [0.4, 0.5) is 29.2 Å². The van der Waals surface area contributed by atoms with Crippen LogP contribution in [-0.4, -0.2) is 60.2 Å². The average Bonchev–Trinajstić information content (AvgIpc) is 3.70. The number of benzene rings is 1. The van der Waals surface area contributed by atoms with Gasteiger partial charge in [0.25, 0.3) is 0 Å². The van der Waals surface area contributed by atoms with E-state index in [2.05, 4.69) is 20.6 Å². The van der Waals surface area contributed by atoms with Gasteiger partial charge in [-0.3, -0.25) is 9.58 Å². The van der Waals surface area contributed by atoms with Crippen LogP contribution in [0.3, 0.4) is 0 Å². The van der Waals surface area contributed by atoms with E-state index in [0.29, 0.717) is 54.6 Å². The summed E-state index contributed by atoms with van der Waals surface area (Å²) in [5.74, 6) is 1.80. The van der Waals surface area contributed by atoms with E-state index < -0.39 is 17.9 Å². The van der Waals surface area contributed by atoms with Crippen molar-refractivity contribution in [3.05, 3.63) is 59.0 Å². The van der Waals surface area contributed by atoms with Gasteiger partial charge in [0.2, 0.25) is 0 Å². The monoisotopic (exact) mass is 569 g/mol. The largest absolute Gasteiger partial charge is 0.416 e. The van der Waals surface area contributed by atoms with E-state index in [9.17, 15) is 17.6 Å². The fourth-order valence-corrected chi connectivity index (χ4v) is 5.83. The van der Waals surface area contributed by atoms with Crippen LogP contribution in [0.15, 0.2) is 36.8 Å². The third-order valence-electron chi connectivity index (χ3n) is 7.70. The predicted octanol–water partition coefficient (Wildman–Crippen LogP) is 4.79. The summed E-state index contributed by atoms with van der Waals surface area (Å²) >= 11 is 0. The van der Waals surface area contributed by atoms with Crippen LogP contribution >= 0.6 is 0 Å². The highest BCUT2D eigenvalue weighted by atomic mass is 19.4. The van der Waals surface area contributed by atoms with Crippen molar-refractivity contribution in [2.24, 2.45) is 14.1 Å². The Bertz CT molecular complexity index is 1580. The van der Waals surface area contributed by atoms with Crippen molar-refractivity contribution in [3.8, 4) is 22.6 Å². The minimum atomic E-state index is -4.51. The normalized spacial score (nSPS) is 17.4. The van der Waals surface area contributed by atoms with Gasteiger partial charge in [-0.2, -0.15) is 18.3 Å². The highest BCUT2D eigenvalue weighted by Gasteiger charge is 2.38. The molecule has 4 aromatic rings. The van der Waals surface area contributed by atoms with Gasteiger partial charge in [-0.25, -0.2) is 9.37 Å². The van der Waals surface area contributed by atoms with E-state index in [1.54, 1.807) is 21.8 Å². The smallest absolute Gasteiger partial charge is 0.370 e. The quantitative estimate of drug-likeness (QED) is 0.321. The van der Waals surface area contributed by atoms with Crippen LogP contribution in [0.2, 0.25) is 0 Å². The number of nitrogens with one attached hydrogen (secondary N) is 1. The van der Waals surface area contributed by atoms with Gasteiger partial charge in [-0.1, -0.05) is 6.07 Å². The van der Waals surface area contributed by atoms with Crippen molar-refractivity contribution in [3.63, 3.8) is 0 Å². The first-order chi connectivity index (χ1) is 19.6.